The van der Waals surface area contributed by atoms with E-state index in [4.69, 9.17) is 9.85 Å². The Morgan fingerprint density at radius 3 is 2.27 bits per heavy atom. The lowest BCUT2D eigenvalue weighted by Crippen LogP contribution is -2.46. The summed E-state index contributed by atoms with van der Waals surface area (Å²) in [5.74, 6) is 1.01. The first-order chi connectivity index (χ1) is 23.8. The molecule has 1 aliphatic heterocycles. The van der Waals surface area contributed by atoms with E-state index in [1.807, 2.05) is 58.9 Å². The van der Waals surface area contributed by atoms with Crippen LogP contribution in [0.25, 0.3) is 11.3 Å². The highest BCUT2D eigenvalue weighted by Crippen LogP contribution is 2.40. The molecule has 0 fully saturated rings. The maximum Gasteiger partial charge on any atom is 0.251 e. The van der Waals surface area contributed by atoms with E-state index in [2.05, 4.69) is 66.9 Å². The molecule has 1 heterocycles. The number of aliphatic hydroxyl groups excluding tert-OH is 1. The molecule has 1 amide bonds. The molecular formula is C41H60N4O4S2. The number of nitrogens with one attached hydrogen (secondary N) is 1. The third kappa shape index (κ3) is 12.6. The van der Waals surface area contributed by atoms with Crippen molar-refractivity contribution in [3.63, 3.8) is 0 Å². The summed E-state index contributed by atoms with van der Waals surface area (Å²) < 4.78 is 5.99. The van der Waals surface area contributed by atoms with Crippen molar-refractivity contribution in [3.8, 4) is 0 Å². The average Bonchev–Trinajstić information content (AvgIpc) is 3.07. The van der Waals surface area contributed by atoms with Crippen molar-refractivity contribution in [2.45, 2.75) is 105 Å². The van der Waals surface area contributed by atoms with Crippen molar-refractivity contribution < 1.29 is 19.4 Å². The number of carbonyl (C=O) groups is 2. The fraction of sp³-hybridized carbons (Fsp3) is 0.561. The zero-order valence-corrected chi connectivity index (χ0v) is 34.2. The average molecular weight is 737 g/mol. The van der Waals surface area contributed by atoms with Gasteiger partial charge in [-0.2, -0.15) is 10.2 Å². The number of rotatable bonds is 18. The number of fused-ring (bicyclic) bond motifs is 2. The molecule has 0 aromatic heterocycles. The van der Waals surface area contributed by atoms with Crippen molar-refractivity contribution in [2.24, 2.45) is 21.1 Å². The van der Waals surface area contributed by atoms with Gasteiger partial charge in [0.05, 0.1) is 31.1 Å². The molecule has 0 saturated heterocycles. The van der Waals surface area contributed by atoms with E-state index < -0.39 is 5.60 Å². The second-order valence-electron chi connectivity index (χ2n) is 16.3. The summed E-state index contributed by atoms with van der Waals surface area (Å²) in [6.07, 6.45) is 1.99. The topological polar surface area (TPSA) is 104 Å². The summed E-state index contributed by atoms with van der Waals surface area (Å²) in [6.45, 7) is 26.1. The third-order valence-corrected chi connectivity index (χ3v) is 12.2. The summed E-state index contributed by atoms with van der Waals surface area (Å²) in [5, 5.41) is 22.2. The minimum atomic E-state index is -1.01. The molecule has 51 heavy (non-hydrogen) atoms. The van der Waals surface area contributed by atoms with Gasteiger partial charge in [0, 0.05) is 58.5 Å². The molecule has 2 aromatic carbocycles. The van der Waals surface area contributed by atoms with E-state index in [0.717, 1.165) is 51.5 Å². The van der Waals surface area contributed by atoms with Crippen molar-refractivity contribution in [1.29, 1.82) is 0 Å². The lowest BCUT2D eigenvalue weighted by molar-refractivity contribution is -0.143. The smallest absolute Gasteiger partial charge is 0.251 e. The number of nitrogens with zero attached hydrogens (tertiary/aromatic N) is 3. The van der Waals surface area contributed by atoms with Crippen LogP contribution in [-0.4, -0.2) is 59.2 Å². The van der Waals surface area contributed by atoms with Gasteiger partial charge in [-0.3, -0.25) is 9.59 Å². The minimum absolute atomic E-state index is 0.0239. The number of ketones is 1. The Kier molecular flexibility index (Phi) is 15.2. The predicted molar refractivity (Wildman–Crippen MR) is 217 cm³/mol. The normalized spacial score (nSPS) is 15.6. The molecule has 8 nitrogen and oxygen atoms in total. The van der Waals surface area contributed by atoms with Crippen molar-refractivity contribution in [3.05, 3.63) is 77.5 Å². The highest BCUT2D eigenvalue weighted by atomic mass is 33.1. The van der Waals surface area contributed by atoms with E-state index in [1.165, 1.54) is 0 Å². The van der Waals surface area contributed by atoms with Crippen LogP contribution in [0.2, 0.25) is 0 Å². The number of amides is 1. The van der Waals surface area contributed by atoms with E-state index in [9.17, 15) is 14.7 Å². The number of aliphatic hydroxyl groups is 1. The van der Waals surface area contributed by atoms with E-state index >= 15 is 0 Å². The lowest BCUT2D eigenvalue weighted by atomic mass is 9.88. The Morgan fingerprint density at radius 2 is 1.61 bits per heavy atom. The van der Waals surface area contributed by atoms with Crippen molar-refractivity contribution in [2.75, 3.05) is 37.0 Å². The summed E-state index contributed by atoms with van der Waals surface area (Å²) in [7, 11) is 3.48. The maximum absolute atomic E-state index is 13.3. The predicted octanol–water partition coefficient (Wildman–Crippen LogP) is 9.74. The summed E-state index contributed by atoms with van der Waals surface area (Å²) >= 11 is 0. The maximum atomic E-state index is 13.3. The van der Waals surface area contributed by atoms with Crippen LogP contribution in [-0.2, 0) is 20.9 Å². The number of Topliss-reactive ketones (excluding diaryl/α,β-unsaturated/α-hetero) is 1. The zero-order chi connectivity index (χ0) is 38.0. The first-order valence-electron chi connectivity index (χ1n) is 17.9. The molecule has 0 aliphatic carbocycles. The summed E-state index contributed by atoms with van der Waals surface area (Å²) in [5.41, 5.74) is 5.18. The standard InChI is InChI=1S/C41H60N4O4S2/c1-29(22-23-42-37(48)41(10,11)49-28-40(8,9)51-50-24-16-21-35(47)38(3,4)5)45-25-31-17-12-13-18-32(31)30(2)36(33-19-14-15-20-34(33)45)44-43-26-39(6,7)27-46/h12-15,17-20,46H,1,16,21-28H2,2-11H3,(H,42,48)/b36-30+,44-43?. The van der Waals surface area contributed by atoms with Crippen LogP contribution in [0.15, 0.2) is 71.0 Å². The van der Waals surface area contributed by atoms with Crippen LogP contribution in [0, 0.1) is 10.8 Å². The number of hydrogen-bond donors (Lipinski definition) is 2. The van der Waals surface area contributed by atoms with E-state index in [-0.39, 0.29) is 28.1 Å². The molecular weight excluding hydrogens is 677 g/mol. The third-order valence-electron chi connectivity index (χ3n) is 8.81. The number of benzene rings is 2. The van der Waals surface area contributed by atoms with E-state index in [0.29, 0.717) is 44.9 Å². The molecule has 0 spiro atoms. The number of para-hydroxylation sites is 1. The Balaban J connectivity index is 1.65. The van der Waals surface area contributed by atoms with Crippen molar-refractivity contribution >= 4 is 50.2 Å². The zero-order valence-electron chi connectivity index (χ0n) is 32.5. The van der Waals surface area contributed by atoms with Crippen LogP contribution in [0.1, 0.15) is 105 Å². The van der Waals surface area contributed by atoms with Crippen LogP contribution < -0.4 is 10.2 Å². The number of azo groups is 1. The van der Waals surface area contributed by atoms with Crippen LogP contribution in [0.5, 0.6) is 0 Å². The second-order valence-corrected chi connectivity index (χ2v) is 19.4. The number of ether oxygens (including phenoxy) is 1. The monoisotopic (exact) mass is 736 g/mol. The Bertz CT molecular complexity index is 1590. The number of hydrogen-bond acceptors (Lipinski definition) is 9. The molecule has 0 radical (unpaired) electrons. The second kappa shape index (κ2) is 18.2. The highest BCUT2D eigenvalue weighted by molar-refractivity contribution is 8.77. The number of carbonyl (C=O) groups excluding carboxylic acids is 2. The van der Waals surface area contributed by atoms with Crippen LogP contribution in [0.4, 0.5) is 5.69 Å². The molecule has 10 heteroatoms. The van der Waals surface area contributed by atoms with Crippen LogP contribution >= 0.6 is 21.6 Å². The molecule has 0 saturated carbocycles. The fourth-order valence-electron chi connectivity index (χ4n) is 5.26. The van der Waals surface area contributed by atoms with Crippen LogP contribution in [0.3, 0.4) is 0 Å². The number of anilines is 1. The quantitative estimate of drug-likeness (QED) is 0.0893. The van der Waals surface area contributed by atoms with Gasteiger partial charge >= 0.3 is 0 Å². The van der Waals surface area contributed by atoms with E-state index in [1.54, 1.807) is 35.4 Å². The van der Waals surface area contributed by atoms with Gasteiger partial charge in [0.2, 0.25) is 0 Å². The largest absolute Gasteiger partial charge is 0.396 e. The van der Waals surface area contributed by atoms with Gasteiger partial charge < -0.3 is 20.1 Å². The number of allylic oxidation sites excluding steroid dienone is 1. The Morgan fingerprint density at radius 1 is 0.961 bits per heavy atom. The summed E-state index contributed by atoms with van der Waals surface area (Å²) in [6, 6.07) is 16.5. The van der Waals surface area contributed by atoms with Gasteiger partial charge in [0.1, 0.15) is 11.4 Å². The molecule has 3 rings (SSSR count). The van der Waals surface area contributed by atoms with Crippen molar-refractivity contribution in [1.82, 2.24) is 5.32 Å². The first kappa shape index (κ1) is 42.5. The molecule has 280 valence electrons. The molecule has 1 aliphatic rings. The van der Waals surface area contributed by atoms with Gasteiger partial charge in [-0.25, -0.2) is 0 Å². The molecule has 0 unspecified atom stereocenters. The fourth-order valence-corrected chi connectivity index (χ4v) is 7.73. The Labute approximate surface area is 314 Å². The minimum Gasteiger partial charge on any atom is -0.396 e. The van der Waals surface area contributed by atoms with Gasteiger partial charge in [0.15, 0.2) is 0 Å². The van der Waals surface area contributed by atoms with Gasteiger partial charge in [-0.1, -0.05) is 105 Å². The highest BCUT2D eigenvalue weighted by Gasteiger charge is 2.32. The lowest BCUT2D eigenvalue weighted by Gasteiger charge is -2.33. The Hall–Kier alpha value is -2.92. The SMILES string of the molecule is C=C(CCNC(=O)C(C)(C)OCC(C)(C)SSCCCC(=O)C(C)(C)C)N1Cc2ccccc2/C(C)=C(/N=NCC(C)(C)CO)c2ccccc21. The molecule has 2 aromatic rings. The molecule has 2 N–H and O–H groups in total. The van der Waals surface area contributed by atoms with Gasteiger partial charge in [0.25, 0.3) is 5.91 Å². The summed E-state index contributed by atoms with van der Waals surface area (Å²) in [4.78, 5) is 27.8. The van der Waals surface area contributed by atoms with Gasteiger partial charge in [-0.05, 0) is 63.8 Å². The molecule has 0 bridgehead atoms. The molecule has 0 atom stereocenters. The first-order valence-corrected chi connectivity index (χ1v) is 20.2. The van der Waals surface area contributed by atoms with Gasteiger partial charge in [-0.15, -0.1) is 0 Å².